The summed E-state index contributed by atoms with van der Waals surface area (Å²) in [4.78, 5) is 16.9. The van der Waals surface area contributed by atoms with Crippen LogP contribution in [0.25, 0.3) is 0 Å². The van der Waals surface area contributed by atoms with Gasteiger partial charge in [-0.25, -0.2) is 0 Å². The maximum atomic E-state index is 12.7. The van der Waals surface area contributed by atoms with Crippen molar-refractivity contribution in [1.29, 1.82) is 0 Å². The van der Waals surface area contributed by atoms with Gasteiger partial charge in [-0.15, -0.1) is 0 Å². The van der Waals surface area contributed by atoms with Crippen LogP contribution in [0.3, 0.4) is 0 Å². The van der Waals surface area contributed by atoms with Crippen LogP contribution in [-0.4, -0.2) is 55.0 Å². The van der Waals surface area contributed by atoms with Crippen molar-refractivity contribution in [3.8, 4) is 5.75 Å². The number of likely N-dealkylation sites (N-methyl/N-ethyl adjacent to an activating group) is 1. The number of benzene rings is 1. The summed E-state index contributed by atoms with van der Waals surface area (Å²) in [7, 11) is 2.10. The second-order valence-corrected chi connectivity index (χ2v) is 6.43. The monoisotopic (exact) mass is 302 g/mol. The second-order valence-electron chi connectivity index (χ2n) is 6.43. The zero-order chi connectivity index (χ0) is 15.5. The van der Waals surface area contributed by atoms with Crippen LogP contribution in [0, 0.1) is 0 Å². The van der Waals surface area contributed by atoms with E-state index < -0.39 is 0 Å². The fourth-order valence-corrected chi connectivity index (χ4v) is 3.32. The summed E-state index contributed by atoms with van der Waals surface area (Å²) in [5, 5.41) is 0. The van der Waals surface area contributed by atoms with Gasteiger partial charge in [-0.3, -0.25) is 4.79 Å². The Kier molecular flexibility index (Phi) is 4.67. The van der Waals surface area contributed by atoms with Crippen molar-refractivity contribution in [1.82, 2.24) is 9.80 Å². The number of nitrogens with zero attached hydrogens (tertiary/aromatic N) is 2. The minimum absolute atomic E-state index is 0.135. The lowest BCUT2D eigenvalue weighted by atomic mass is 10.1. The van der Waals surface area contributed by atoms with Crippen molar-refractivity contribution >= 4 is 5.91 Å². The summed E-state index contributed by atoms with van der Waals surface area (Å²) in [5.41, 5.74) is 2.82. The number of carbonyl (C=O) groups is 1. The lowest BCUT2D eigenvalue weighted by Gasteiger charge is -2.34. The van der Waals surface area contributed by atoms with E-state index in [2.05, 4.69) is 24.1 Å². The molecule has 0 saturated carbocycles. The van der Waals surface area contributed by atoms with E-state index >= 15 is 0 Å². The lowest BCUT2D eigenvalue weighted by molar-refractivity contribution is -0.140. The number of hydrogen-bond acceptors (Lipinski definition) is 3. The maximum absolute atomic E-state index is 12.7. The molecule has 4 heteroatoms. The van der Waals surface area contributed by atoms with Crippen molar-refractivity contribution in [3.63, 3.8) is 0 Å². The molecule has 1 unspecified atom stereocenters. The van der Waals surface area contributed by atoms with Crippen LogP contribution in [0.5, 0.6) is 5.75 Å². The van der Waals surface area contributed by atoms with E-state index in [1.54, 1.807) is 0 Å². The molecule has 1 aromatic rings. The van der Waals surface area contributed by atoms with Gasteiger partial charge in [-0.05, 0) is 56.0 Å². The Hall–Kier alpha value is -1.55. The number of rotatable bonds is 4. The molecule has 1 fully saturated rings. The molecule has 1 atom stereocenters. The van der Waals surface area contributed by atoms with Gasteiger partial charge in [0.2, 0.25) is 0 Å². The molecule has 0 radical (unpaired) electrons. The summed E-state index contributed by atoms with van der Waals surface area (Å²) >= 11 is 0. The van der Waals surface area contributed by atoms with E-state index in [4.69, 9.17) is 4.74 Å². The number of hydrogen-bond donors (Lipinski definition) is 0. The van der Waals surface area contributed by atoms with Gasteiger partial charge in [0.25, 0.3) is 5.91 Å². The largest absolute Gasteiger partial charge is 0.481 e. The van der Waals surface area contributed by atoms with Gasteiger partial charge in [0.15, 0.2) is 6.10 Å². The minimum Gasteiger partial charge on any atom is -0.481 e. The molecule has 0 aromatic heterocycles. The maximum Gasteiger partial charge on any atom is 0.263 e. The van der Waals surface area contributed by atoms with Gasteiger partial charge >= 0.3 is 0 Å². The first-order valence-corrected chi connectivity index (χ1v) is 8.43. The van der Waals surface area contributed by atoms with E-state index in [0.717, 1.165) is 38.3 Å². The Morgan fingerprint density at radius 2 is 1.91 bits per heavy atom. The number of carbonyl (C=O) groups excluding carboxylic acids is 1. The van der Waals surface area contributed by atoms with E-state index in [1.807, 2.05) is 17.9 Å². The van der Waals surface area contributed by atoms with Crippen LogP contribution < -0.4 is 4.74 Å². The number of aryl methyl sites for hydroxylation is 2. The van der Waals surface area contributed by atoms with Crippen LogP contribution in [0.1, 0.15) is 30.9 Å². The third kappa shape index (κ3) is 3.27. The molecule has 1 amide bonds. The first kappa shape index (κ1) is 15.3. The predicted molar refractivity (Wildman–Crippen MR) is 87.3 cm³/mol. The standard InChI is InChI=1S/C18H26N2O2/c1-3-17(18(21)20-11-9-19(2)10-12-20)22-16-8-7-14-5-4-6-15(14)13-16/h7-8,13,17H,3-6,9-12H2,1-2H3. The lowest BCUT2D eigenvalue weighted by Crippen LogP contribution is -2.51. The predicted octanol–water partition coefficient (Wildman–Crippen LogP) is 2.11. The summed E-state index contributed by atoms with van der Waals surface area (Å²) < 4.78 is 6.03. The number of piperazine rings is 1. The summed E-state index contributed by atoms with van der Waals surface area (Å²) in [5.74, 6) is 0.978. The highest BCUT2D eigenvalue weighted by atomic mass is 16.5. The average molecular weight is 302 g/mol. The van der Waals surface area contributed by atoms with E-state index in [0.29, 0.717) is 6.42 Å². The molecule has 1 saturated heterocycles. The van der Waals surface area contributed by atoms with E-state index in [-0.39, 0.29) is 12.0 Å². The highest BCUT2D eigenvalue weighted by Gasteiger charge is 2.27. The van der Waals surface area contributed by atoms with Gasteiger partial charge in [0, 0.05) is 26.2 Å². The Bertz CT molecular complexity index is 536. The molecule has 1 aliphatic carbocycles. The zero-order valence-corrected chi connectivity index (χ0v) is 13.7. The molecule has 0 bridgehead atoms. The Balaban J connectivity index is 1.65. The van der Waals surface area contributed by atoms with Gasteiger partial charge in [-0.2, -0.15) is 0 Å². The summed E-state index contributed by atoms with van der Waals surface area (Å²) in [6.07, 6.45) is 3.89. The Labute approximate surface area is 133 Å². The van der Waals surface area contributed by atoms with Crippen molar-refractivity contribution in [2.45, 2.75) is 38.7 Å². The molecule has 4 nitrogen and oxygen atoms in total. The van der Waals surface area contributed by atoms with Crippen molar-refractivity contribution in [3.05, 3.63) is 29.3 Å². The number of fused-ring (bicyclic) bond motifs is 1. The molecule has 22 heavy (non-hydrogen) atoms. The number of amides is 1. The van der Waals surface area contributed by atoms with Crippen LogP contribution >= 0.6 is 0 Å². The fourth-order valence-electron chi connectivity index (χ4n) is 3.32. The third-order valence-electron chi connectivity index (χ3n) is 4.81. The second kappa shape index (κ2) is 6.69. The van der Waals surface area contributed by atoms with Gasteiger partial charge in [0.05, 0.1) is 0 Å². The van der Waals surface area contributed by atoms with Crippen LogP contribution in [0.15, 0.2) is 18.2 Å². The van der Waals surface area contributed by atoms with Crippen LogP contribution in [0.2, 0.25) is 0 Å². The molecule has 0 spiro atoms. The number of ether oxygens (including phenoxy) is 1. The Morgan fingerprint density at radius 1 is 1.18 bits per heavy atom. The normalized spacial score (nSPS) is 19.8. The third-order valence-corrected chi connectivity index (χ3v) is 4.81. The zero-order valence-electron chi connectivity index (χ0n) is 13.7. The molecule has 2 aliphatic rings. The topological polar surface area (TPSA) is 32.8 Å². The van der Waals surface area contributed by atoms with Crippen LogP contribution in [0.4, 0.5) is 0 Å². The molecule has 1 aliphatic heterocycles. The highest BCUT2D eigenvalue weighted by molar-refractivity contribution is 5.81. The fraction of sp³-hybridized carbons (Fsp3) is 0.611. The van der Waals surface area contributed by atoms with Gasteiger partial charge < -0.3 is 14.5 Å². The van der Waals surface area contributed by atoms with Crippen molar-refractivity contribution in [2.24, 2.45) is 0 Å². The molecular weight excluding hydrogens is 276 g/mol. The van der Waals surface area contributed by atoms with Crippen LogP contribution in [-0.2, 0) is 17.6 Å². The highest BCUT2D eigenvalue weighted by Crippen LogP contribution is 2.27. The average Bonchev–Trinajstić information content (AvgIpc) is 3.00. The van der Waals surface area contributed by atoms with Gasteiger partial charge in [0.1, 0.15) is 5.75 Å². The SMILES string of the molecule is CCC(Oc1ccc2c(c1)CCC2)C(=O)N1CCN(C)CC1. The molecule has 0 N–H and O–H groups in total. The van der Waals surface area contributed by atoms with E-state index in [9.17, 15) is 4.79 Å². The first-order valence-electron chi connectivity index (χ1n) is 8.43. The smallest absolute Gasteiger partial charge is 0.263 e. The van der Waals surface area contributed by atoms with Gasteiger partial charge in [-0.1, -0.05) is 13.0 Å². The quantitative estimate of drug-likeness (QED) is 0.854. The molecule has 1 aromatic carbocycles. The molecule has 1 heterocycles. The molecule has 3 rings (SSSR count). The minimum atomic E-state index is -0.358. The Morgan fingerprint density at radius 3 is 2.64 bits per heavy atom. The summed E-state index contributed by atoms with van der Waals surface area (Å²) in [6.45, 7) is 5.52. The van der Waals surface area contributed by atoms with Crippen molar-refractivity contribution < 1.29 is 9.53 Å². The first-order chi connectivity index (χ1) is 10.7. The molecular formula is C18H26N2O2. The van der Waals surface area contributed by atoms with Crippen molar-refractivity contribution in [2.75, 3.05) is 33.2 Å². The molecule has 120 valence electrons. The summed E-state index contributed by atoms with van der Waals surface area (Å²) in [6, 6.07) is 6.30. The van der Waals surface area contributed by atoms with E-state index in [1.165, 1.54) is 24.0 Å².